The largest absolute Gasteiger partial charge is 0.383 e. The van der Waals surface area contributed by atoms with Crippen LogP contribution in [0.4, 0.5) is 0 Å². The number of ether oxygens (including phenoxy) is 1. The summed E-state index contributed by atoms with van der Waals surface area (Å²) in [6.07, 6.45) is 0. The summed E-state index contributed by atoms with van der Waals surface area (Å²) in [5, 5.41) is 0.568. The number of methoxy groups -OCH3 is 1. The molecule has 2 rings (SSSR count). The zero-order valence-corrected chi connectivity index (χ0v) is 17.3. The summed E-state index contributed by atoms with van der Waals surface area (Å²) in [6.45, 7) is 9.65. The fraction of sp³-hybridized carbons (Fsp3) is 0.444. The second-order valence-corrected chi connectivity index (χ2v) is 8.47. The van der Waals surface area contributed by atoms with E-state index in [2.05, 4.69) is 25.8 Å². The summed E-state index contributed by atoms with van der Waals surface area (Å²) in [5.74, 6) is -0.402. The van der Waals surface area contributed by atoms with Crippen LogP contribution in [0, 0.1) is 6.92 Å². The number of thiazole rings is 1. The lowest BCUT2D eigenvalue weighted by Crippen LogP contribution is -2.21. The summed E-state index contributed by atoms with van der Waals surface area (Å²) < 4.78 is 7.21. The van der Waals surface area contributed by atoms with Crippen LogP contribution < -0.4 is 4.80 Å². The number of carbonyl (C=O) groups is 1. The third kappa shape index (κ3) is 4.53. The van der Waals surface area contributed by atoms with Crippen LogP contribution in [0.2, 0.25) is 10.0 Å². The van der Waals surface area contributed by atoms with Crippen molar-refractivity contribution in [2.75, 3.05) is 13.7 Å². The molecular weight excluding hydrogens is 379 g/mol. The molecule has 0 N–H and O–H groups in total. The second-order valence-electron chi connectivity index (χ2n) is 6.71. The fourth-order valence-electron chi connectivity index (χ4n) is 2.53. The summed E-state index contributed by atoms with van der Waals surface area (Å²) >= 11 is 13.7. The maximum atomic E-state index is 12.6. The molecule has 0 bridgehead atoms. The highest BCUT2D eigenvalue weighted by molar-refractivity contribution is 7.09. The van der Waals surface area contributed by atoms with Gasteiger partial charge in [0.25, 0.3) is 5.91 Å². The molecule has 0 radical (unpaired) electrons. The molecule has 7 heteroatoms. The van der Waals surface area contributed by atoms with Gasteiger partial charge in [0.2, 0.25) is 0 Å². The first-order valence-electron chi connectivity index (χ1n) is 7.89. The third-order valence-corrected chi connectivity index (χ3v) is 6.16. The van der Waals surface area contributed by atoms with Crippen LogP contribution >= 0.6 is 34.5 Å². The lowest BCUT2D eigenvalue weighted by Gasteiger charge is -2.17. The molecule has 0 unspecified atom stereocenters. The number of hydrogen-bond acceptors (Lipinski definition) is 3. The molecule has 1 aromatic carbocycles. The minimum Gasteiger partial charge on any atom is -0.383 e. The smallest absolute Gasteiger partial charge is 0.281 e. The molecule has 0 atom stereocenters. The molecule has 0 spiro atoms. The van der Waals surface area contributed by atoms with Crippen molar-refractivity contribution in [1.29, 1.82) is 0 Å². The molecule has 136 valence electrons. The van der Waals surface area contributed by atoms with Gasteiger partial charge in [-0.1, -0.05) is 50.0 Å². The minimum atomic E-state index is -0.402. The average Bonchev–Trinajstić information content (AvgIpc) is 2.84. The lowest BCUT2D eigenvalue weighted by molar-refractivity contribution is 0.0997. The van der Waals surface area contributed by atoms with Crippen LogP contribution in [0.3, 0.4) is 0 Å². The molecule has 0 saturated carbocycles. The van der Waals surface area contributed by atoms with Gasteiger partial charge in [0, 0.05) is 24.2 Å². The Morgan fingerprint density at radius 3 is 2.60 bits per heavy atom. The van der Waals surface area contributed by atoms with Gasteiger partial charge in [-0.2, -0.15) is 4.99 Å². The lowest BCUT2D eigenvalue weighted by atomic mass is 9.93. The minimum absolute atomic E-state index is 0.0336. The van der Waals surface area contributed by atoms with Gasteiger partial charge in [-0.3, -0.25) is 4.79 Å². The Morgan fingerprint density at radius 1 is 1.32 bits per heavy atom. The molecule has 2 aromatic rings. The van der Waals surface area contributed by atoms with Crippen molar-refractivity contribution < 1.29 is 9.53 Å². The number of carbonyl (C=O) groups excluding carboxylic acids is 1. The number of nitrogens with zero attached hydrogens (tertiary/aromatic N) is 2. The first-order chi connectivity index (χ1) is 11.7. The Balaban J connectivity index is 2.58. The van der Waals surface area contributed by atoms with E-state index in [0.717, 1.165) is 5.69 Å². The first kappa shape index (κ1) is 20.2. The van der Waals surface area contributed by atoms with E-state index >= 15 is 0 Å². The summed E-state index contributed by atoms with van der Waals surface area (Å²) in [5.41, 5.74) is 1.36. The molecule has 25 heavy (non-hydrogen) atoms. The van der Waals surface area contributed by atoms with Gasteiger partial charge in [0.1, 0.15) is 0 Å². The number of halogens is 2. The Kier molecular flexibility index (Phi) is 6.49. The van der Waals surface area contributed by atoms with E-state index in [1.165, 1.54) is 16.2 Å². The number of hydrogen-bond donors (Lipinski definition) is 0. The number of amides is 1. The van der Waals surface area contributed by atoms with E-state index < -0.39 is 5.91 Å². The maximum absolute atomic E-state index is 12.6. The topological polar surface area (TPSA) is 43.6 Å². The summed E-state index contributed by atoms with van der Waals surface area (Å²) in [6, 6.07) is 4.97. The van der Waals surface area contributed by atoms with Crippen LogP contribution in [-0.4, -0.2) is 24.2 Å². The summed E-state index contributed by atoms with van der Waals surface area (Å²) in [7, 11) is 1.65. The van der Waals surface area contributed by atoms with E-state index in [1.54, 1.807) is 25.3 Å². The maximum Gasteiger partial charge on any atom is 0.281 e. The van der Waals surface area contributed by atoms with Crippen molar-refractivity contribution in [2.24, 2.45) is 4.99 Å². The number of aromatic nitrogens is 1. The van der Waals surface area contributed by atoms with Crippen molar-refractivity contribution in [1.82, 2.24) is 4.57 Å². The van der Waals surface area contributed by atoms with E-state index in [9.17, 15) is 4.79 Å². The third-order valence-electron chi connectivity index (χ3n) is 3.74. The zero-order valence-electron chi connectivity index (χ0n) is 15.0. The quantitative estimate of drug-likeness (QED) is 0.735. The normalized spacial score (nSPS) is 12.7. The van der Waals surface area contributed by atoms with Crippen LogP contribution in [0.1, 0.15) is 41.7 Å². The standard InChI is InChI=1S/C18H22Cl2N2O2S/c1-11-15(18(2,3)4)25-17(22(11)9-10-24-5)21-16(23)12-7-6-8-13(19)14(12)20/h6-8H,9-10H2,1-5H3. The highest BCUT2D eigenvalue weighted by atomic mass is 35.5. The molecular formula is C18H22Cl2N2O2S. The van der Waals surface area contributed by atoms with Gasteiger partial charge in [-0.05, 0) is 24.5 Å². The molecule has 0 fully saturated rings. The molecule has 0 aliphatic carbocycles. The Hall–Kier alpha value is -1.14. The second kappa shape index (κ2) is 8.04. The SMILES string of the molecule is COCCn1c(C)c(C(C)(C)C)sc1=NC(=O)c1cccc(Cl)c1Cl. The van der Waals surface area contributed by atoms with Gasteiger partial charge in [-0.15, -0.1) is 11.3 Å². The van der Waals surface area contributed by atoms with Gasteiger partial charge >= 0.3 is 0 Å². The number of rotatable bonds is 4. The predicted octanol–water partition coefficient (Wildman–Crippen LogP) is 4.85. The van der Waals surface area contributed by atoms with Gasteiger partial charge in [0.05, 0.1) is 22.2 Å². The van der Waals surface area contributed by atoms with Crippen molar-refractivity contribution in [2.45, 2.75) is 39.7 Å². The van der Waals surface area contributed by atoms with Crippen LogP contribution in [-0.2, 0) is 16.7 Å². The fourth-order valence-corrected chi connectivity index (χ4v) is 4.12. The van der Waals surface area contributed by atoms with Gasteiger partial charge in [0.15, 0.2) is 4.80 Å². The van der Waals surface area contributed by atoms with Gasteiger partial charge in [-0.25, -0.2) is 0 Å². The highest BCUT2D eigenvalue weighted by Crippen LogP contribution is 2.29. The van der Waals surface area contributed by atoms with E-state index in [-0.39, 0.29) is 10.4 Å². The van der Waals surface area contributed by atoms with Crippen molar-refractivity contribution in [3.8, 4) is 0 Å². The first-order valence-corrected chi connectivity index (χ1v) is 9.46. The van der Waals surface area contributed by atoms with E-state index in [0.29, 0.717) is 28.5 Å². The van der Waals surface area contributed by atoms with Crippen molar-refractivity contribution in [3.05, 3.63) is 49.2 Å². The molecule has 1 heterocycles. The molecule has 1 amide bonds. The Labute approximate surface area is 162 Å². The molecule has 0 aliphatic heterocycles. The average molecular weight is 401 g/mol. The van der Waals surface area contributed by atoms with Crippen LogP contribution in [0.5, 0.6) is 0 Å². The molecule has 1 aromatic heterocycles. The molecule has 0 aliphatic rings. The van der Waals surface area contributed by atoms with Crippen LogP contribution in [0.15, 0.2) is 23.2 Å². The van der Waals surface area contributed by atoms with Crippen molar-refractivity contribution >= 4 is 40.4 Å². The van der Waals surface area contributed by atoms with E-state index in [4.69, 9.17) is 27.9 Å². The van der Waals surface area contributed by atoms with E-state index in [1.807, 2.05) is 11.5 Å². The predicted molar refractivity (Wildman–Crippen MR) is 104 cm³/mol. The molecule has 4 nitrogen and oxygen atoms in total. The van der Waals surface area contributed by atoms with Crippen LogP contribution in [0.25, 0.3) is 0 Å². The Morgan fingerprint density at radius 2 is 2.00 bits per heavy atom. The monoisotopic (exact) mass is 400 g/mol. The molecule has 0 saturated heterocycles. The summed E-state index contributed by atoms with van der Waals surface area (Å²) in [4.78, 5) is 18.8. The number of benzene rings is 1. The van der Waals surface area contributed by atoms with Crippen molar-refractivity contribution in [3.63, 3.8) is 0 Å². The van der Waals surface area contributed by atoms with Gasteiger partial charge < -0.3 is 9.30 Å². The Bertz CT molecular complexity index is 848. The zero-order chi connectivity index (χ0) is 18.8. The highest BCUT2D eigenvalue weighted by Gasteiger charge is 2.22.